The van der Waals surface area contributed by atoms with Crippen LogP contribution in [-0.4, -0.2) is 25.8 Å². The second-order valence-electron chi connectivity index (χ2n) is 4.97. The summed E-state index contributed by atoms with van der Waals surface area (Å²) in [5.41, 5.74) is 2.34. The summed E-state index contributed by atoms with van der Waals surface area (Å²) in [5, 5.41) is 6.54. The largest absolute Gasteiger partial charge is 0.495 e. The monoisotopic (exact) mass is 351 g/mol. The van der Waals surface area contributed by atoms with Crippen molar-refractivity contribution in [1.82, 2.24) is 5.43 Å². The summed E-state index contributed by atoms with van der Waals surface area (Å²) < 4.78 is 43.0. The van der Waals surface area contributed by atoms with Crippen LogP contribution in [0.4, 0.5) is 18.9 Å². The number of para-hydroxylation sites is 2. The van der Waals surface area contributed by atoms with Gasteiger partial charge >= 0.3 is 6.18 Å². The van der Waals surface area contributed by atoms with E-state index >= 15 is 0 Å². The zero-order valence-electron chi connectivity index (χ0n) is 13.3. The minimum absolute atomic E-state index is 0.0691. The third-order valence-electron chi connectivity index (χ3n) is 3.16. The van der Waals surface area contributed by atoms with Crippen LogP contribution in [0, 0.1) is 0 Å². The van der Waals surface area contributed by atoms with E-state index in [1.807, 2.05) is 0 Å². The van der Waals surface area contributed by atoms with Crippen molar-refractivity contribution in [3.8, 4) is 5.75 Å². The molecule has 0 unspecified atom stereocenters. The van der Waals surface area contributed by atoms with Crippen LogP contribution in [0.25, 0.3) is 0 Å². The van der Waals surface area contributed by atoms with E-state index in [4.69, 9.17) is 4.74 Å². The molecule has 0 fully saturated rings. The van der Waals surface area contributed by atoms with Crippen LogP contribution in [0.3, 0.4) is 0 Å². The number of benzene rings is 2. The topological polar surface area (TPSA) is 62.7 Å². The maximum absolute atomic E-state index is 12.6. The molecule has 0 saturated heterocycles. The van der Waals surface area contributed by atoms with Crippen LogP contribution in [0.2, 0.25) is 0 Å². The van der Waals surface area contributed by atoms with E-state index in [9.17, 15) is 18.0 Å². The van der Waals surface area contributed by atoms with Crippen molar-refractivity contribution in [2.75, 3.05) is 19.0 Å². The van der Waals surface area contributed by atoms with Gasteiger partial charge in [-0.05, 0) is 29.8 Å². The van der Waals surface area contributed by atoms with Gasteiger partial charge in [0.05, 0.1) is 31.1 Å². The molecule has 0 aliphatic carbocycles. The van der Waals surface area contributed by atoms with E-state index in [-0.39, 0.29) is 12.1 Å². The maximum atomic E-state index is 12.6. The van der Waals surface area contributed by atoms with Crippen molar-refractivity contribution >= 4 is 17.8 Å². The van der Waals surface area contributed by atoms with Gasteiger partial charge in [0.25, 0.3) is 5.91 Å². The molecule has 0 aliphatic heterocycles. The van der Waals surface area contributed by atoms with E-state index in [0.717, 1.165) is 18.3 Å². The first-order valence-electron chi connectivity index (χ1n) is 7.26. The lowest BCUT2D eigenvalue weighted by Gasteiger charge is -2.09. The number of rotatable bonds is 6. The molecule has 0 saturated carbocycles. The molecular weight excluding hydrogens is 335 g/mol. The summed E-state index contributed by atoms with van der Waals surface area (Å²) in [5.74, 6) is 0.136. The average molecular weight is 351 g/mol. The van der Waals surface area contributed by atoms with Gasteiger partial charge in [-0.25, -0.2) is 5.43 Å². The highest BCUT2D eigenvalue weighted by Crippen LogP contribution is 2.29. The van der Waals surface area contributed by atoms with Crippen LogP contribution in [0.1, 0.15) is 11.1 Å². The van der Waals surface area contributed by atoms with E-state index in [0.29, 0.717) is 11.4 Å². The lowest BCUT2D eigenvalue weighted by molar-refractivity contribution is -0.137. The Morgan fingerprint density at radius 2 is 1.96 bits per heavy atom. The van der Waals surface area contributed by atoms with E-state index < -0.39 is 17.6 Å². The Kier molecular flexibility index (Phi) is 5.99. The number of hydrogen-bond acceptors (Lipinski definition) is 4. The van der Waals surface area contributed by atoms with Crippen LogP contribution in [0.15, 0.2) is 53.6 Å². The summed E-state index contributed by atoms with van der Waals surface area (Å²) in [6.45, 7) is -0.0691. The number of methoxy groups -OCH3 is 1. The van der Waals surface area contributed by atoms with Crippen molar-refractivity contribution in [2.24, 2.45) is 5.10 Å². The quantitative estimate of drug-likeness (QED) is 0.620. The third-order valence-corrected chi connectivity index (χ3v) is 3.16. The number of hydrogen-bond donors (Lipinski definition) is 2. The third kappa shape index (κ3) is 5.52. The molecule has 2 N–H and O–H groups in total. The van der Waals surface area contributed by atoms with Gasteiger partial charge in [0.2, 0.25) is 0 Å². The first-order valence-corrected chi connectivity index (χ1v) is 7.26. The molecule has 8 heteroatoms. The van der Waals surface area contributed by atoms with Crippen LogP contribution < -0.4 is 15.5 Å². The fraction of sp³-hybridized carbons (Fsp3) is 0.176. The lowest BCUT2D eigenvalue weighted by atomic mass is 10.1. The second kappa shape index (κ2) is 8.18. The van der Waals surface area contributed by atoms with Gasteiger partial charge in [0, 0.05) is 0 Å². The smallest absolute Gasteiger partial charge is 0.416 e. The molecule has 0 atom stereocenters. The fourth-order valence-corrected chi connectivity index (χ4v) is 1.98. The number of hydrazone groups is 1. The van der Waals surface area contributed by atoms with Gasteiger partial charge in [-0.2, -0.15) is 18.3 Å². The summed E-state index contributed by atoms with van der Waals surface area (Å²) in [4.78, 5) is 11.7. The molecule has 5 nitrogen and oxygen atoms in total. The minimum Gasteiger partial charge on any atom is -0.495 e. The summed E-state index contributed by atoms with van der Waals surface area (Å²) in [6.07, 6.45) is -3.28. The van der Waals surface area contributed by atoms with Crippen molar-refractivity contribution in [1.29, 1.82) is 0 Å². The first kappa shape index (κ1) is 18.3. The minimum atomic E-state index is -4.42. The van der Waals surface area contributed by atoms with Crippen molar-refractivity contribution in [3.05, 3.63) is 59.7 Å². The zero-order valence-corrected chi connectivity index (χ0v) is 13.3. The Labute approximate surface area is 142 Å². The van der Waals surface area contributed by atoms with E-state index in [1.165, 1.54) is 19.2 Å². The number of anilines is 1. The number of ether oxygens (including phenoxy) is 1. The molecule has 0 aliphatic rings. The molecule has 0 aromatic heterocycles. The van der Waals surface area contributed by atoms with Gasteiger partial charge in [-0.3, -0.25) is 4.79 Å². The molecule has 2 rings (SSSR count). The highest BCUT2D eigenvalue weighted by Gasteiger charge is 2.30. The number of nitrogens with zero attached hydrogens (tertiary/aromatic N) is 1. The van der Waals surface area contributed by atoms with Crippen molar-refractivity contribution in [2.45, 2.75) is 6.18 Å². The highest BCUT2D eigenvalue weighted by molar-refractivity contribution is 5.84. The number of carbonyl (C=O) groups excluding carboxylic acids is 1. The lowest BCUT2D eigenvalue weighted by Crippen LogP contribution is -2.26. The molecule has 1 amide bonds. The molecule has 0 radical (unpaired) electrons. The molecular formula is C17H16F3N3O2. The number of halogens is 3. The predicted octanol–water partition coefficient (Wildman–Crippen LogP) is 3.28. The average Bonchev–Trinajstić information content (AvgIpc) is 2.59. The number of alkyl halides is 3. The SMILES string of the molecule is COc1ccccc1NCC(=O)N/N=C\c1cccc(C(F)(F)F)c1. The van der Waals surface area contributed by atoms with Crippen LogP contribution >= 0.6 is 0 Å². The molecule has 2 aromatic carbocycles. The number of amides is 1. The normalized spacial score (nSPS) is 11.4. The molecule has 0 heterocycles. The van der Waals surface area contributed by atoms with Gasteiger partial charge in [-0.15, -0.1) is 0 Å². The van der Waals surface area contributed by atoms with E-state index in [2.05, 4.69) is 15.8 Å². The van der Waals surface area contributed by atoms with Crippen molar-refractivity contribution in [3.63, 3.8) is 0 Å². The molecule has 2 aromatic rings. The Bertz CT molecular complexity index is 761. The van der Waals surface area contributed by atoms with Gasteiger partial charge < -0.3 is 10.1 Å². The first-order chi connectivity index (χ1) is 11.9. The standard InChI is InChI=1S/C17H16F3N3O2/c1-25-15-8-3-2-7-14(15)21-11-16(24)23-22-10-12-5-4-6-13(9-12)17(18,19)20/h2-10,21H,11H2,1H3,(H,23,24)/b22-10-. The Balaban J connectivity index is 1.88. The second-order valence-corrected chi connectivity index (χ2v) is 4.97. The molecule has 0 spiro atoms. The summed E-state index contributed by atoms with van der Waals surface area (Å²) in [7, 11) is 1.51. The van der Waals surface area contributed by atoms with Gasteiger partial charge in [-0.1, -0.05) is 24.3 Å². The molecule has 25 heavy (non-hydrogen) atoms. The fourth-order valence-electron chi connectivity index (χ4n) is 1.98. The number of carbonyl (C=O) groups is 1. The summed E-state index contributed by atoms with van der Waals surface area (Å²) >= 11 is 0. The van der Waals surface area contributed by atoms with Gasteiger partial charge in [0.15, 0.2) is 0 Å². The van der Waals surface area contributed by atoms with Crippen LogP contribution in [0.5, 0.6) is 5.75 Å². The highest BCUT2D eigenvalue weighted by atomic mass is 19.4. The predicted molar refractivity (Wildman–Crippen MR) is 88.7 cm³/mol. The summed E-state index contributed by atoms with van der Waals surface area (Å²) in [6, 6.07) is 11.7. The number of nitrogens with one attached hydrogen (secondary N) is 2. The maximum Gasteiger partial charge on any atom is 0.416 e. The Hall–Kier alpha value is -3.03. The molecule has 132 valence electrons. The Morgan fingerprint density at radius 1 is 1.20 bits per heavy atom. The zero-order chi connectivity index (χ0) is 18.3. The Morgan fingerprint density at radius 3 is 2.68 bits per heavy atom. The molecule has 0 bridgehead atoms. The van der Waals surface area contributed by atoms with Crippen LogP contribution in [-0.2, 0) is 11.0 Å². The van der Waals surface area contributed by atoms with Gasteiger partial charge in [0.1, 0.15) is 5.75 Å². The van der Waals surface area contributed by atoms with E-state index in [1.54, 1.807) is 24.3 Å². The van der Waals surface area contributed by atoms with Crippen molar-refractivity contribution < 1.29 is 22.7 Å².